The minimum atomic E-state index is -4.14. The standard InChI is InChI=1S/C20H26N6O6S/c1-3-21-20-22-13-15(19(27)32-4-2)18(24-20)25-11-7-8-14(25)12-23-33(30,31)17-10-6-5-9-16(17)26(28)29/h5-6,9-10,13-14,23H,3-4,7-8,11-12H2,1-2H3,(H,21,22,24)/t14-/m0/s1. The van der Waals surface area contributed by atoms with Gasteiger partial charge in [-0.15, -0.1) is 0 Å². The molecule has 178 valence electrons. The Bertz CT molecular complexity index is 1130. The molecular formula is C20H26N6O6S. The number of para-hydroxylation sites is 1. The first-order valence-electron chi connectivity index (χ1n) is 10.6. The number of esters is 1. The van der Waals surface area contributed by atoms with Crippen LogP contribution in [0.3, 0.4) is 0 Å². The summed E-state index contributed by atoms with van der Waals surface area (Å²) >= 11 is 0. The van der Waals surface area contributed by atoms with Crippen LogP contribution >= 0.6 is 0 Å². The van der Waals surface area contributed by atoms with E-state index >= 15 is 0 Å². The first-order chi connectivity index (χ1) is 15.8. The molecule has 0 saturated carbocycles. The van der Waals surface area contributed by atoms with Gasteiger partial charge in [0.15, 0.2) is 4.90 Å². The Balaban J connectivity index is 1.86. The van der Waals surface area contributed by atoms with E-state index in [0.29, 0.717) is 31.3 Å². The van der Waals surface area contributed by atoms with Gasteiger partial charge in [-0.25, -0.2) is 22.9 Å². The number of carbonyl (C=O) groups excluding carboxylic acids is 1. The van der Waals surface area contributed by atoms with Gasteiger partial charge >= 0.3 is 5.97 Å². The number of hydrogen-bond acceptors (Lipinski definition) is 10. The van der Waals surface area contributed by atoms with Crippen LogP contribution in [0.1, 0.15) is 37.0 Å². The van der Waals surface area contributed by atoms with Gasteiger partial charge in [0.25, 0.3) is 5.69 Å². The smallest absolute Gasteiger partial charge is 0.343 e. The molecule has 0 radical (unpaired) electrons. The average Bonchev–Trinajstić information content (AvgIpc) is 3.27. The maximum absolute atomic E-state index is 12.8. The normalized spacial score (nSPS) is 15.9. The third kappa shape index (κ3) is 5.54. The summed E-state index contributed by atoms with van der Waals surface area (Å²) in [5, 5.41) is 14.2. The van der Waals surface area contributed by atoms with Crippen molar-refractivity contribution >= 4 is 33.4 Å². The Morgan fingerprint density at radius 2 is 2.09 bits per heavy atom. The van der Waals surface area contributed by atoms with Gasteiger partial charge in [0.1, 0.15) is 11.4 Å². The third-order valence-electron chi connectivity index (χ3n) is 5.11. The molecule has 1 atom stereocenters. The van der Waals surface area contributed by atoms with Crippen LogP contribution in [0.25, 0.3) is 0 Å². The van der Waals surface area contributed by atoms with E-state index in [1.807, 2.05) is 11.8 Å². The van der Waals surface area contributed by atoms with Crippen molar-refractivity contribution in [2.75, 3.05) is 36.5 Å². The molecule has 0 spiro atoms. The first-order valence-corrected chi connectivity index (χ1v) is 12.0. The number of hydrogen-bond donors (Lipinski definition) is 2. The fourth-order valence-corrected chi connectivity index (χ4v) is 4.88. The summed E-state index contributed by atoms with van der Waals surface area (Å²) < 4.78 is 33.2. The van der Waals surface area contributed by atoms with Gasteiger partial charge in [-0.05, 0) is 32.8 Å². The summed E-state index contributed by atoms with van der Waals surface area (Å²) in [5.41, 5.74) is -0.309. The molecule has 3 rings (SSSR count). The second kappa shape index (κ2) is 10.5. The molecule has 2 heterocycles. The Hall–Kier alpha value is -3.32. The molecule has 0 bridgehead atoms. The lowest BCUT2D eigenvalue weighted by molar-refractivity contribution is -0.387. The number of nitro benzene ring substituents is 1. The average molecular weight is 479 g/mol. The number of aromatic nitrogens is 2. The Morgan fingerprint density at radius 3 is 2.79 bits per heavy atom. The van der Waals surface area contributed by atoms with Crippen LogP contribution in [0, 0.1) is 10.1 Å². The molecule has 0 aliphatic carbocycles. The molecule has 1 aromatic carbocycles. The maximum atomic E-state index is 12.8. The highest BCUT2D eigenvalue weighted by atomic mass is 32.2. The van der Waals surface area contributed by atoms with E-state index in [1.165, 1.54) is 24.4 Å². The molecule has 13 heteroatoms. The largest absolute Gasteiger partial charge is 0.462 e. The van der Waals surface area contributed by atoms with Crippen LogP contribution in [0.2, 0.25) is 0 Å². The fourth-order valence-electron chi connectivity index (χ4n) is 3.63. The predicted molar refractivity (Wildman–Crippen MR) is 121 cm³/mol. The van der Waals surface area contributed by atoms with E-state index < -0.39 is 31.5 Å². The van der Waals surface area contributed by atoms with Crippen molar-refractivity contribution in [2.24, 2.45) is 0 Å². The van der Waals surface area contributed by atoms with Crippen molar-refractivity contribution < 1.29 is 22.9 Å². The zero-order valence-electron chi connectivity index (χ0n) is 18.4. The van der Waals surface area contributed by atoms with Gasteiger partial charge in [-0.3, -0.25) is 10.1 Å². The molecule has 1 aliphatic heterocycles. The van der Waals surface area contributed by atoms with Crippen molar-refractivity contribution in [1.29, 1.82) is 0 Å². The van der Waals surface area contributed by atoms with Crippen molar-refractivity contribution in [1.82, 2.24) is 14.7 Å². The number of benzene rings is 1. The predicted octanol–water partition coefficient (Wildman–Crippen LogP) is 1.94. The van der Waals surface area contributed by atoms with E-state index in [2.05, 4.69) is 20.0 Å². The van der Waals surface area contributed by atoms with Gasteiger partial charge in [0.2, 0.25) is 16.0 Å². The minimum Gasteiger partial charge on any atom is -0.462 e. The Morgan fingerprint density at radius 1 is 1.33 bits per heavy atom. The lowest BCUT2D eigenvalue weighted by Crippen LogP contribution is -2.41. The summed E-state index contributed by atoms with van der Waals surface area (Å²) in [4.78, 5) is 33.1. The third-order valence-corrected chi connectivity index (χ3v) is 6.58. The highest BCUT2D eigenvalue weighted by molar-refractivity contribution is 7.89. The number of carbonyl (C=O) groups is 1. The molecule has 1 aromatic heterocycles. The van der Waals surface area contributed by atoms with Crippen molar-refractivity contribution in [3.8, 4) is 0 Å². The monoisotopic (exact) mass is 478 g/mol. The summed E-state index contributed by atoms with van der Waals surface area (Å²) in [7, 11) is -4.14. The number of sulfonamides is 1. The van der Waals surface area contributed by atoms with Gasteiger partial charge in [-0.1, -0.05) is 12.1 Å². The van der Waals surface area contributed by atoms with Crippen molar-refractivity contribution in [2.45, 2.75) is 37.6 Å². The molecule has 1 saturated heterocycles. The topological polar surface area (TPSA) is 157 Å². The Labute approximate surface area is 191 Å². The molecule has 1 fully saturated rings. The van der Waals surface area contributed by atoms with Crippen molar-refractivity contribution in [3.05, 3.63) is 46.1 Å². The highest BCUT2D eigenvalue weighted by Crippen LogP contribution is 2.29. The summed E-state index contributed by atoms with van der Waals surface area (Å²) in [6.45, 7) is 4.88. The number of anilines is 2. The van der Waals surface area contributed by atoms with Gasteiger partial charge < -0.3 is 15.0 Å². The molecule has 1 aliphatic rings. The van der Waals surface area contributed by atoms with E-state index in [1.54, 1.807) is 6.92 Å². The minimum absolute atomic E-state index is 0.0167. The highest BCUT2D eigenvalue weighted by Gasteiger charge is 2.32. The SMILES string of the molecule is CCNc1ncc(C(=O)OCC)c(N2CCC[C@H]2CNS(=O)(=O)c2ccccc2[N+](=O)[O-])n1. The van der Waals surface area contributed by atoms with Crippen LogP contribution in [0.5, 0.6) is 0 Å². The van der Waals surface area contributed by atoms with E-state index in [9.17, 15) is 23.3 Å². The maximum Gasteiger partial charge on any atom is 0.343 e. The van der Waals surface area contributed by atoms with E-state index in [4.69, 9.17) is 4.74 Å². The van der Waals surface area contributed by atoms with Crippen molar-refractivity contribution in [3.63, 3.8) is 0 Å². The summed E-state index contributed by atoms with van der Waals surface area (Å²) in [6.07, 6.45) is 2.79. The molecule has 0 amide bonds. The van der Waals surface area contributed by atoms with E-state index in [-0.39, 0.29) is 24.8 Å². The summed E-state index contributed by atoms with van der Waals surface area (Å²) in [5.74, 6) is 0.125. The molecule has 33 heavy (non-hydrogen) atoms. The Kier molecular flexibility index (Phi) is 7.76. The molecule has 0 unspecified atom stereocenters. The fraction of sp³-hybridized carbons (Fsp3) is 0.450. The number of rotatable bonds is 10. The quantitative estimate of drug-likeness (QED) is 0.294. The lowest BCUT2D eigenvalue weighted by atomic mass is 10.2. The first kappa shape index (κ1) is 24.3. The van der Waals surface area contributed by atoms with Crippen LogP contribution in [0.4, 0.5) is 17.5 Å². The molecule has 2 aromatic rings. The number of ether oxygens (including phenoxy) is 1. The number of nitrogens with zero attached hydrogens (tertiary/aromatic N) is 4. The van der Waals surface area contributed by atoms with Crippen LogP contribution in [0.15, 0.2) is 35.4 Å². The number of nitrogens with one attached hydrogen (secondary N) is 2. The second-order valence-electron chi connectivity index (χ2n) is 7.25. The van der Waals surface area contributed by atoms with E-state index in [0.717, 1.165) is 12.5 Å². The lowest BCUT2D eigenvalue weighted by Gasteiger charge is -2.27. The second-order valence-corrected chi connectivity index (χ2v) is 8.98. The summed E-state index contributed by atoms with van der Waals surface area (Å²) in [6, 6.07) is 4.85. The van der Waals surface area contributed by atoms with Crippen LogP contribution in [-0.4, -0.2) is 61.6 Å². The molecule has 12 nitrogen and oxygen atoms in total. The van der Waals surface area contributed by atoms with Crippen LogP contribution < -0.4 is 14.9 Å². The van der Waals surface area contributed by atoms with Crippen LogP contribution in [-0.2, 0) is 14.8 Å². The van der Waals surface area contributed by atoms with Gasteiger partial charge in [-0.2, -0.15) is 4.98 Å². The molecular weight excluding hydrogens is 452 g/mol. The van der Waals surface area contributed by atoms with Gasteiger partial charge in [0, 0.05) is 37.9 Å². The zero-order chi connectivity index (χ0) is 24.0. The van der Waals surface area contributed by atoms with Gasteiger partial charge in [0.05, 0.1) is 11.5 Å². The number of nitro groups is 1. The zero-order valence-corrected chi connectivity index (χ0v) is 19.2. The molecule has 2 N–H and O–H groups in total.